The molecule has 2 aromatic rings. The zero-order chi connectivity index (χ0) is 14.8. The number of hydrogen-bond donors (Lipinski definition) is 1. The molecule has 110 valence electrons. The van der Waals surface area contributed by atoms with Crippen LogP contribution in [-0.2, 0) is 12.8 Å². The lowest BCUT2D eigenvalue weighted by molar-refractivity contribution is 0.718. The van der Waals surface area contributed by atoms with E-state index in [4.69, 9.17) is 9.97 Å². The second-order valence-electron chi connectivity index (χ2n) is 5.37. The van der Waals surface area contributed by atoms with E-state index in [-0.39, 0.29) is 0 Å². The van der Waals surface area contributed by atoms with Crippen LogP contribution in [0.15, 0.2) is 24.3 Å². The van der Waals surface area contributed by atoms with Gasteiger partial charge in [0.1, 0.15) is 11.6 Å². The second kappa shape index (κ2) is 6.30. The average Bonchev–Trinajstić information content (AvgIpc) is 2.93. The highest BCUT2D eigenvalue weighted by molar-refractivity contribution is 14.1. The van der Waals surface area contributed by atoms with Crippen molar-refractivity contribution >= 4 is 28.4 Å². The number of nitrogens with one attached hydrogen (secondary N) is 1. The molecule has 0 radical (unpaired) electrons. The molecule has 1 aliphatic rings. The van der Waals surface area contributed by atoms with E-state index in [0.29, 0.717) is 5.92 Å². The van der Waals surface area contributed by atoms with Crippen LogP contribution in [0, 0.1) is 3.57 Å². The smallest absolute Gasteiger partial charge is 0.143 e. The molecule has 3 nitrogen and oxygen atoms in total. The predicted octanol–water partition coefficient (Wildman–Crippen LogP) is 4.15. The van der Waals surface area contributed by atoms with Crippen molar-refractivity contribution < 1.29 is 0 Å². The first-order valence-electron chi connectivity index (χ1n) is 7.62. The summed E-state index contributed by atoms with van der Waals surface area (Å²) in [5, 5.41) is 3.38. The Hall–Kier alpha value is -1.17. The van der Waals surface area contributed by atoms with Crippen molar-refractivity contribution in [3.63, 3.8) is 0 Å². The van der Waals surface area contributed by atoms with Crippen LogP contribution in [-0.4, -0.2) is 16.5 Å². The SMILES string of the molecule is CCNc1nc(C2CCc3ccccc32)nc(CC)c1I. The molecule has 4 heteroatoms. The molecule has 1 heterocycles. The number of halogens is 1. The maximum absolute atomic E-state index is 4.86. The van der Waals surface area contributed by atoms with Gasteiger partial charge in [-0.1, -0.05) is 31.2 Å². The molecule has 0 bridgehead atoms. The normalized spacial score (nSPS) is 16.8. The Morgan fingerprint density at radius 3 is 2.81 bits per heavy atom. The number of nitrogens with zero attached hydrogens (tertiary/aromatic N) is 2. The van der Waals surface area contributed by atoms with Crippen LogP contribution in [0.1, 0.15) is 48.8 Å². The number of hydrogen-bond acceptors (Lipinski definition) is 3. The van der Waals surface area contributed by atoms with Crippen LogP contribution < -0.4 is 5.32 Å². The molecule has 1 N–H and O–H groups in total. The minimum absolute atomic E-state index is 0.348. The van der Waals surface area contributed by atoms with E-state index in [1.54, 1.807) is 0 Å². The quantitative estimate of drug-likeness (QED) is 0.793. The minimum Gasteiger partial charge on any atom is -0.369 e. The zero-order valence-corrected chi connectivity index (χ0v) is 14.6. The summed E-state index contributed by atoms with van der Waals surface area (Å²) in [5.41, 5.74) is 4.01. The van der Waals surface area contributed by atoms with Gasteiger partial charge in [-0.05, 0) is 59.9 Å². The first-order valence-corrected chi connectivity index (χ1v) is 8.70. The van der Waals surface area contributed by atoms with Gasteiger partial charge in [0.2, 0.25) is 0 Å². The maximum Gasteiger partial charge on any atom is 0.143 e. The fourth-order valence-corrected chi connectivity index (χ4v) is 3.83. The number of anilines is 1. The van der Waals surface area contributed by atoms with Crippen LogP contribution in [0.5, 0.6) is 0 Å². The van der Waals surface area contributed by atoms with Gasteiger partial charge in [0.25, 0.3) is 0 Å². The lowest BCUT2D eigenvalue weighted by Gasteiger charge is -2.15. The van der Waals surface area contributed by atoms with E-state index < -0.39 is 0 Å². The summed E-state index contributed by atoms with van der Waals surface area (Å²) in [6, 6.07) is 8.70. The van der Waals surface area contributed by atoms with Crippen molar-refractivity contribution in [3.05, 3.63) is 50.5 Å². The Morgan fingerprint density at radius 2 is 2.05 bits per heavy atom. The summed E-state index contributed by atoms with van der Waals surface area (Å²) in [7, 11) is 0. The first-order chi connectivity index (χ1) is 10.2. The fourth-order valence-electron chi connectivity index (χ4n) is 3.01. The molecule has 0 saturated heterocycles. The van der Waals surface area contributed by atoms with Gasteiger partial charge in [0.05, 0.1) is 9.26 Å². The third-order valence-electron chi connectivity index (χ3n) is 4.06. The molecule has 0 aliphatic heterocycles. The Bertz CT molecular complexity index is 654. The third-order valence-corrected chi connectivity index (χ3v) is 5.19. The highest BCUT2D eigenvalue weighted by Gasteiger charge is 2.27. The molecule has 0 saturated carbocycles. The standard InChI is InChI=1S/C17H20IN3/c1-3-14-15(18)17(19-4-2)21-16(20-14)13-10-9-11-7-5-6-8-12(11)13/h5-8,13H,3-4,9-10H2,1-2H3,(H,19,20,21). The fraction of sp³-hybridized carbons (Fsp3) is 0.412. The maximum atomic E-state index is 4.86. The average molecular weight is 393 g/mol. The number of rotatable bonds is 4. The topological polar surface area (TPSA) is 37.8 Å². The Morgan fingerprint density at radius 1 is 1.24 bits per heavy atom. The molecule has 1 aromatic heterocycles. The van der Waals surface area contributed by atoms with Gasteiger partial charge < -0.3 is 5.32 Å². The van der Waals surface area contributed by atoms with Crippen LogP contribution >= 0.6 is 22.6 Å². The molecular formula is C17H20IN3. The van der Waals surface area contributed by atoms with Crippen molar-refractivity contribution in [1.82, 2.24) is 9.97 Å². The molecule has 1 aliphatic carbocycles. The van der Waals surface area contributed by atoms with Crippen molar-refractivity contribution in [2.75, 3.05) is 11.9 Å². The zero-order valence-electron chi connectivity index (χ0n) is 12.5. The highest BCUT2D eigenvalue weighted by atomic mass is 127. The van der Waals surface area contributed by atoms with Gasteiger partial charge in [-0.25, -0.2) is 9.97 Å². The summed E-state index contributed by atoms with van der Waals surface area (Å²) < 4.78 is 1.16. The van der Waals surface area contributed by atoms with Crippen molar-refractivity contribution in [1.29, 1.82) is 0 Å². The van der Waals surface area contributed by atoms with E-state index in [1.165, 1.54) is 11.1 Å². The Kier molecular flexibility index (Phi) is 4.42. The molecule has 3 rings (SSSR count). The second-order valence-corrected chi connectivity index (χ2v) is 6.44. The molecule has 21 heavy (non-hydrogen) atoms. The van der Waals surface area contributed by atoms with Gasteiger partial charge >= 0.3 is 0 Å². The Labute approximate surface area is 139 Å². The Balaban J connectivity index is 2.05. The van der Waals surface area contributed by atoms with Crippen LogP contribution in [0.4, 0.5) is 5.82 Å². The van der Waals surface area contributed by atoms with Crippen LogP contribution in [0.25, 0.3) is 0 Å². The van der Waals surface area contributed by atoms with Crippen LogP contribution in [0.2, 0.25) is 0 Å². The summed E-state index contributed by atoms with van der Waals surface area (Å²) in [4.78, 5) is 9.68. The largest absolute Gasteiger partial charge is 0.369 e. The van der Waals surface area contributed by atoms with Gasteiger partial charge in [0.15, 0.2) is 0 Å². The van der Waals surface area contributed by atoms with Gasteiger partial charge in [-0.3, -0.25) is 0 Å². The monoisotopic (exact) mass is 393 g/mol. The molecule has 1 unspecified atom stereocenters. The predicted molar refractivity (Wildman–Crippen MR) is 94.9 cm³/mol. The minimum atomic E-state index is 0.348. The number of aryl methyl sites for hydroxylation is 2. The van der Waals surface area contributed by atoms with Gasteiger partial charge in [-0.2, -0.15) is 0 Å². The molecule has 0 fully saturated rings. The molecule has 0 spiro atoms. The van der Waals surface area contributed by atoms with Gasteiger partial charge in [-0.15, -0.1) is 0 Å². The summed E-state index contributed by atoms with van der Waals surface area (Å²) in [6.45, 7) is 5.15. The molecule has 1 aromatic carbocycles. The van der Waals surface area contributed by atoms with E-state index in [2.05, 4.69) is 66.0 Å². The van der Waals surface area contributed by atoms with Crippen molar-refractivity contribution in [3.8, 4) is 0 Å². The summed E-state index contributed by atoms with van der Waals surface area (Å²) in [5.74, 6) is 2.32. The lowest BCUT2D eigenvalue weighted by atomic mass is 10.0. The molecule has 1 atom stereocenters. The summed E-state index contributed by atoms with van der Waals surface area (Å²) >= 11 is 2.36. The van der Waals surface area contributed by atoms with E-state index in [0.717, 1.165) is 46.7 Å². The number of aromatic nitrogens is 2. The first kappa shape index (κ1) is 14.8. The highest BCUT2D eigenvalue weighted by Crippen LogP contribution is 2.37. The van der Waals surface area contributed by atoms with Crippen molar-refractivity contribution in [2.45, 2.75) is 39.0 Å². The third kappa shape index (κ3) is 2.78. The van der Waals surface area contributed by atoms with Crippen molar-refractivity contribution in [2.24, 2.45) is 0 Å². The number of benzene rings is 1. The number of fused-ring (bicyclic) bond motifs is 1. The van der Waals surface area contributed by atoms with E-state index >= 15 is 0 Å². The summed E-state index contributed by atoms with van der Waals surface area (Å²) in [6.07, 6.45) is 3.20. The molecular weight excluding hydrogens is 373 g/mol. The molecule has 0 amide bonds. The van der Waals surface area contributed by atoms with Gasteiger partial charge in [0, 0.05) is 12.5 Å². The lowest BCUT2D eigenvalue weighted by Crippen LogP contribution is -2.12. The van der Waals surface area contributed by atoms with E-state index in [9.17, 15) is 0 Å². The van der Waals surface area contributed by atoms with Crippen LogP contribution in [0.3, 0.4) is 0 Å². The van der Waals surface area contributed by atoms with E-state index in [1.807, 2.05) is 0 Å².